The lowest BCUT2D eigenvalue weighted by molar-refractivity contribution is 0.0746. The second-order valence-electron chi connectivity index (χ2n) is 8.27. The molecule has 2 aliphatic heterocycles. The van der Waals surface area contributed by atoms with Crippen LogP contribution >= 0.6 is 0 Å². The molecule has 0 aliphatic carbocycles. The molecule has 2 saturated heterocycles. The Morgan fingerprint density at radius 2 is 1.71 bits per heavy atom. The van der Waals surface area contributed by atoms with Gasteiger partial charge in [0.25, 0.3) is 5.91 Å². The molecule has 0 radical (unpaired) electrons. The molecule has 7 heteroatoms. The minimum Gasteiger partial charge on any atom is -0.368 e. The number of hydrogen-bond donors (Lipinski definition) is 0. The number of rotatable bonds is 3. The Bertz CT molecular complexity index is 1070. The van der Waals surface area contributed by atoms with Crippen molar-refractivity contribution in [2.24, 2.45) is 0 Å². The van der Waals surface area contributed by atoms with Crippen molar-refractivity contribution >= 4 is 23.3 Å². The Morgan fingerprint density at radius 1 is 0.968 bits per heavy atom. The van der Waals surface area contributed by atoms with E-state index in [1.54, 1.807) is 35.0 Å². The Morgan fingerprint density at radius 3 is 2.32 bits per heavy atom. The molecule has 31 heavy (non-hydrogen) atoms. The molecule has 0 aromatic heterocycles. The topological polar surface area (TPSA) is 70.9 Å². The maximum Gasteiger partial charge on any atom is 0.324 e. The lowest BCUT2D eigenvalue weighted by Gasteiger charge is -2.37. The highest BCUT2D eigenvalue weighted by Gasteiger charge is 2.29. The van der Waals surface area contributed by atoms with Crippen LogP contribution in [0.2, 0.25) is 0 Å². The lowest BCUT2D eigenvalue weighted by atomic mass is 10.0. The van der Waals surface area contributed by atoms with Gasteiger partial charge in [-0.3, -0.25) is 9.69 Å². The molecule has 2 heterocycles. The molecule has 160 valence electrons. The van der Waals surface area contributed by atoms with Crippen LogP contribution in [0, 0.1) is 25.2 Å². The molecule has 0 bridgehead atoms. The van der Waals surface area contributed by atoms with E-state index in [4.69, 9.17) is 0 Å². The number of anilines is 2. The minimum atomic E-state index is -0.131. The molecular weight excluding hydrogens is 390 g/mol. The van der Waals surface area contributed by atoms with Crippen LogP contribution in [-0.4, -0.2) is 68.1 Å². The summed E-state index contributed by atoms with van der Waals surface area (Å²) in [5.74, 6) is -0.131. The van der Waals surface area contributed by atoms with E-state index in [1.165, 1.54) is 16.8 Å². The monoisotopic (exact) mass is 417 g/mol. The van der Waals surface area contributed by atoms with Gasteiger partial charge in [0.15, 0.2) is 0 Å². The summed E-state index contributed by atoms with van der Waals surface area (Å²) in [5, 5.41) is 9.65. The summed E-state index contributed by atoms with van der Waals surface area (Å²) >= 11 is 0. The minimum absolute atomic E-state index is 0.0921. The number of benzene rings is 2. The molecule has 0 saturated carbocycles. The third kappa shape index (κ3) is 3.93. The summed E-state index contributed by atoms with van der Waals surface area (Å²) in [7, 11) is 1.75. The largest absolute Gasteiger partial charge is 0.368 e. The van der Waals surface area contributed by atoms with Crippen LogP contribution in [0.1, 0.15) is 27.0 Å². The van der Waals surface area contributed by atoms with Crippen LogP contribution < -0.4 is 9.80 Å². The van der Waals surface area contributed by atoms with Crippen molar-refractivity contribution in [3.63, 3.8) is 0 Å². The van der Waals surface area contributed by atoms with Gasteiger partial charge in [-0.1, -0.05) is 17.7 Å². The summed E-state index contributed by atoms with van der Waals surface area (Å²) in [6, 6.07) is 13.6. The number of piperazine rings is 1. The zero-order valence-corrected chi connectivity index (χ0v) is 18.3. The van der Waals surface area contributed by atoms with Crippen LogP contribution in [0.15, 0.2) is 36.4 Å². The average Bonchev–Trinajstić information content (AvgIpc) is 3.11. The van der Waals surface area contributed by atoms with Gasteiger partial charge in [0, 0.05) is 57.7 Å². The zero-order chi connectivity index (χ0) is 22.1. The summed E-state index contributed by atoms with van der Waals surface area (Å²) < 4.78 is 0. The number of carbonyl (C=O) groups excluding carboxylic acids is 2. The number of urea groups is 1. The van der Waals surface area contributed by atoms with Gasteiger partial charge < -0.3 is 14.7 Å². The second-order valence-corrected chi connectivity index (χ2v) is 8.27. The van der Waals surface area contributed by atoms with E-state index in [0.717, 1.165) is 13.1 Å². The first-order chi connectivity index (χ1) is 14.9. The van der Waals surface area contributed by atoms with Gasteiger partial charge >= 0.3 is 6.03 Å². The van der Waals surface area contributed by atoms with E-state index in [2.05, 4.69) is 43.0 Å². The van der Waals surface area contributed by atoms with E-state index in [1.807, 2.05) is 4.90 Å². The lowest BCUT2D eigenvalue weighted by Crippen LogP contribution is -2.49. The van der Waals surface area contributed by atoms with Crippen LogP contribution in [0.4, 0.5) is 16.2 Å². The highest BCUT2D eigenvalue weighted by atomic mass is 16.2. The molecular formula is C24H27N5O2. The van der Waals surface area contributed by atoms with Gasteiger partial charge in [0.2, 0.25) is 0 Å². The van der Waals surface area contributed by atoms with E-state index in [0.29, 0.717) is 43.0 Å². The highest BCUT2D eigenvalue weighted by molar-refractivity contribution is 5.99. The van der Waals surface area contributed by atoms with Gasteiger partial charge in [-0.05, 0) is 43.7 Å². The Balaban J connectivity index is 1.47. The predicted molar refractivity (Wildman–Crippen MR) is 121 cm³/mol. The van der Waals surface area contributed by atoms with Crippen LogP contribution in [0.3, 0.4) is 0 Å². The van der Waals surface area contributed by atoms with Crippen molar-refractivity contribution in [2.45, 2.75) is 13.8 Å². The maximum absolute atomic E-state index is 13.2. The van der Waals surface area contributed by atoms with Crippen molar-refractivity contribution in [3.8, 4) is 6.07 Å². The molecule has 2 aromatic carbocycles. The fourth-order valence-corrected chi connectivity index (χ4v) is 4.35. The smallest absolute Gasteiger partial charge is 0.324 e. The summed E-state index contributed by atoms with van der Waals surface area (Å²) in [6.07, 6.45) is 0. The van der Waals surface area contributed by atoms with Gasteiger partial charge in [-0.15, -0.1) is 0 Å². The van der Waals surface area contributed by atoms with E-state index < -0.39 is 0 Å². The number of amides is 3. The van der Waals surface area contributed by atoms with Crippen molar-refractivity contribution in [2.75, 3.05) is 56.1 Å². The number of hydrogen-bond acceptors (Lipinski definition) is 4. The second kappa shape index (κ2) is 8.31. The maximum atomic E-state index is 13.2. The number of nitrogens with zero attached hydrogens (tertiary/aromatic N) is 5. The van der Waals surface area contributed by atoms with Crippen molar-refractivity contribution in [1.82, 2.24) is 9.80 Å². The van der Waals surface area contributed by atoms with Crippen LogP contribution in [0.25, 0.3) is 0 Å². The van der Waals surface area contributed by atoms with Crippen molar-refractivity contribution < 1.29 is 9.59 Å². The molecule has 0 atom stereocenters. The predicted octanol–water partition coefficient (Wildman–Crippen LogP) is 3.01. The summed E-state index contributed by atoms with van der Waals surface area (Å²) in [4.78, 5) is 32.8. The molecule has 2 fully saturated rings. The van der Waals surface area contributed by atoms with Gasteiger partial charge in [-0.2, -0.15) is 5.26 Å². The van der Waals surface area contributed by atoms with E-state index >= 15 is 0 Å². The van der Waals surface area contributed by atoms with Gasteiger partial charge in [0.1, 0.15) is 6.07 Å². The molecule has 2 aromatic rings. The first kappa shape index (κ1) is 20.7. The molecule has 0 spiro atoms. The quantitative estimate of drug-likeness (QED) is 0.770. The molecule has 7 nitrogen and oxygen atoms in total. The molecule has 2 aliphatic rings. The highest BCUT2D eigenvalue weighted by Crippen LogP contribution is 2.26. The third-order valence-electron chi connectivity index (χ3n) is 6.14. The average molecular weight is 418 g/mol. The molecule has 3 amide bonds. The third-order valence-corrected chi connectivity index (χ3v) is 6.14. The zero-order valence-electron chi connectivity index (χ0n) is 18.3. The molecule has 0 N–H and O–H groups in total. The SMILES string of the molecule is Cc1ccc(N2CCN(C(=O)c3ccc(N4CCN(C)C4=O)cc3C#N)CC2)c(C)c1. The number of carbonyl (C=O) groups is 2. The summed E-state index contributed by atoms with van der Waals surface area (Å²) in [5.41, 5.74) is 5.05. The molecule has 0 unspecified atom stereocenters. The van der Waals surface area contributed by atoms with Gasteiger partial charge in [-0.25, -0.2) is 4.79 Å². The Hall–Kier alpha value is -3.53. The first-order valence-electron chi connectivity index (χ1n) is 10.6. The Kier molecular flexibility index (Phi) is 5.55. The number of aryl methyl sites for hydroxylation is 2. The van der Waals surface area contributed by atoms with Gasteiger partial charge in [0.05, 0.1) is 11.1 Å². The standard InChI is InChI=1S/C24H27N5O2/c1-17-4-7-22(18(2)14-17)27-9-11-28(12-10-27)23(30)21-6-5-20(15-19(21)16-25)29-13-8-26(3)24(29)31/h4-7,14-15H,8-13H2,1-3H3. The summed E-state index contributed by atoms with van der Waals surface area (Å²) in [6.45, 7) is 8.14. The van der Waals surface area contributed by atoms with Crippen LogP contribution in [-0.2, 0) is 0 Å². The fraction of sp³-hybridized carbons (Fsp3) is 0.375. The van der Waals surface area contributed by atoms with E-state index in [-0.39, 0.29) is 11.9 Å². The number of likely N-dealkylation sites (N-methyl/N-ethyl adjacent to an activating group) is 1. The molecule has 4 rings (SSSR count). The fourth-order valence-electron chi connectivity index (χ4n) is 4.35. The number of nitriles is 1. The normalized spacial score (nSPS) is 16.6. The van der Waals surface area contributed by atoms with Crippen molar-refractivity contribution in [1.29, 1.82) is 5.26 Å². The van der Waals surface area contributed by atoms with Crippen LogP contribution in [0.5, 0.6) is 0 Å². The van der Waals surface area contributed by atoms with E-state index in [9.17, 15) is 14.9 Å². The first-order valence-corrected chi connectivity index (χ1v) is 10.6. The Labute approximate surface area is 183 Å². The van der Waals surface area contributed by atoms with Crippen molar-refractivity contribution in [3.05, 3.63) is 58.7 Å².